The molecule has 0 spiro atoms. The molecule has 23 heavy (non-hydrogen) atoms. The second-order valence-electron chi connectivity index (χ2n) is 5.21. The molecule has 8 nitrogen and oxygen atoms in total. The molecule has 0 unspecified atom stereocenters. The van der Waals surface area contributed by atoms with E-state index in [1.54, 1.807) is 0 Å². The summed E-state index contributed by atoms with van der Waals surface area (Å²) in [7, 11) is 0. The fourth-order valence-corrected chi connectivity index (χ4v) is 2.29. The Balaban J connectivity index is 2.10. The number of benzene rings is 1. The van der Waals surface area contributed by atoms with E-state index >= 15 is 0 Å². The van der Waals surface area contributed by atoms with Crippen molar-refractivity contribution in [2.45, 2.75) is 18.9 Å². The van der Waals surface area contributed by atoms with Crippen LogP contribution in [0.2, 0.25) is 0 Å². The van der Waals surface area contributed by atoms with E-state index < -0.39 is 40.3 Å². The van der Waals surface area contributed by atoms with Gasteiger partial charge in [0.1, 0.15) is 6.04 Å². The van der Waals surface area contributed by atoms with Crippen molar-refractivity contribution in [1.82, 2.24) is 5.32 Å². The molecule has 2 N–H and O–H groups in total. The summed E-state index contributed by atoms with van der Waals surface area (Å²) in [5.41, 5.74) is -0.490. The molecule has 0 bridgehead atoms. The van der Waals surface area contributed by atoms with Crippen molar-refractivity contribution in [3.63, 3.8) is 0 Å². The first-order chi connectivity index (χ1) is 10.9. The number of carboxylic acids is 1. The first-order valence-electron chi connectivity index (χ1n) is 6.92. The zero-order chi connectivity index (χ0) is 17.0. The number of nitrogens with zero attached hydrogens (tertiary/aromatic N) is 1. The molecular weight excluding hydrogens is 311 g/mol. The van der Waals surface area contributed by atoms with Gasteiger partial charge in [-0.25, -0.2) is 4.79 Å². The van der Waals surface area contributed by atoms with Gasteiger partial charge in [-0.3, -0.25) is 14.9 Å². The molecule has 0 aromatic heterocycles. The highest BCUT2D eigenvalue weighted by Crippen LogP contribution is 2.20. The van der Waals surface area contributed by atoms with Gasteiger partial charge in [0.25, 0.3) is 0 Å². The number of aliphatic carboxylic acids is 1. The van der Waals surface area contributed by atoms with E-state index in [2.05, 4.69) is 5.32 Å². The van der Waals surface area contributed by atoms with Crippen LogP contribution in [0.15, 0.2) is 18.2 Å². The average molecular weight is 326 g/mol. The number of ether oxygens (including phenoxy) is 1. The van der Waals surface area contributed by atoms with E-state index in [-0.39, 0.29) is 18.6 Å². The summed E-state index contributed by atoms with van der Waals surface area (Å²) in [4.78, 5) is 33.1. The van der Waals surface area contributed by atoms with E-state index in [1.807, 2.05) is 0 Å². The van der Waals surface area contributed by atoms with Gasteiger partial charge in [-0.1, -0.05) is 6.07 Å². The minimum Gasteiger partial charge on any atom is -0.480 e. The monoisotopic (exact) mass is 326 g/mol. The van der Waals surface area contributed by atoms with E-state index in [0.717, 1.165) is 12.1 Å². The minimum atomic E-state index is -1.27. The Hall–Kier alpha value is -2.55. The summed E-state index contributed by atoms with van der Waals surface area (Å²) in [5.74, 6) is -3.12. The molecule has 1 heterocycles. The van der Waals surface area contributed by atoms with Gasteiger partial charge in [0.15, 0.2) is 0 Å². The lowest BCUT2D eigenvalue weighted by molar-refractivity contribution is -0.387. The van der Waals surface area contributed by atoms with Crippen LogP contribution in [0.4, 0.5) is 10.1 Å². The topological polar surface area (TPSA) is 119 Å². The number of nitro benzene ring substituents is 1. The highest BCUT2D eigenvalue weighted by atomic mass is 19.1. The molecule has 1 saturated heterocycles. The molecule has 9 heteroatoms. The lowest BCUT2D eigenvalue weighted by Crippen LogP contribution is -2.45. The molecule has 1 aliphatic rings. The standard InChI is InChI=1S/C14H15FN2O6/c15-10-2-1-8(6-12(10)17(21)22)5-11(14(19)20)16-13(18)9-3-4-23-7-9/h1-2,6,9,11H,3-5,7H2,(H,16,18)(H,19,20)/t9-,11+/m0/s1. The highest BCUT2D eigenvalue weighted by molar-refractivity contribution is 5.85. The number of hydrogen-bond donors (Lipinski definition) is 2. The third-order valence-corrected chi connectivity index (χ3v) is 3.56. The fourth-order valence-electron chi connectivity index (χ4n) is 2.29. The number of carbonyl (C=O) groups is 2. The predicted octanol–water partition coefficient (Wildman–Crippen LogP) is 0.882. The maximum Gasteiger partial charge on any atom is 0.326 e. The van der Waals surface area contributed by atoms with E-state index in [9.17, 15) is 29.2 Å². The molecule has 1 fully saturated rings. The molecule has 2 rings (SSSR count). The lowest BCUT2D eigenvalue weighted by Gasteiger charge is -2.17. The van der Waals surface area contributed by atoms with Crippen LogP contribution in [0.3, 0.4) is 0 Å². The Morgan fingerprint density at radius 2 is 2.26 bits per heavy atom. The third kappa shape index (κ3) is 4.22. The van der Waals surface area contributed by atoms with Crippen molar-refractivity contribution in [3.8, 4) is 0 Å². The van der Waals surface area contributed by atoms with Crippen LogP contribution >= 0.6 is 0 Å². The van der Waals surface area contributed by atoms with Crippen molar-refractivity contribution in [2.24, 2.45) is 5.92 Å². The highest BCUT2D eigenvalue weighted by Gasteiger charge is 2.28. The third-order valence-electron chi connectivity index (χ3n) is 3.56. The minimum absolute atomic E-state index is 0.185. The smallest absolute Gasteiger partial charge is 0.326 e. The summed E-state index contributed by atoms with van der Waals surface area (Å²) in [6.07, 6.45) is 0.329. The second kappa shape index (κ2) is 7.14. The van der Waals surface area contributed by atoms with Gasteiger partial charge in [-0.05, 0) is 18.1 Å². The van der Waals surface area contributed by atoms with Crippen LogP contribution in [-0.2, 0) is 20.7 Å². The maximum atomic E-state index is 13.3. The van der Waals surface area contributed by atoms with Crippen molar-refractivity contribution in [2.75, 3.05) is 13.2 Å². The SMILES string of the molecule is O=C(N[C@H](Cc1ccc(F)c([N+](=O)[O-])c1)C(=O)O)[C@H]1CCOC1. The molecule has 1 aromatic rings. The zero-order valence-corrected chi connectivity index (χ0v) is 12.0. The van der Waals surface area contributed by atoms with Gasteiger partial charge >= 0.3 is 11.7 Å². The molecule has 1 aliphatic heterocycles. The number of halogens is 1. The Morgan fingerprint density at radius 1 is 1.52 bits per heavy atom. The summed E-state index contributed by atoms with van der Waals surface area (Å²) in [6.45, 7) is 0.681. The Morgan fingerprint density at radius 3 is 2.83 bits per heavy atom. The van der Waals surface area contributed by atoms with Crippen molar-refractivity contribution < 1.29 is 28.7 Å². The molecule has 1 amide bonds. The molecule has 0 saturated carbocycles. The number of carboxylic acid groups (broad SMARTS) is 1. The number of hydrogen-bond acceptors (Lipinski definition) is 5. The van der Waals surface area contributed by atoms with Gasteiger partial charge < -0.3 is 15.2 Å². The lowest BCUT2D eigenvalue weighted by atomic mass is 10.0. The zero-order valence-electron chi connectivity index (χ0n) is 12.0. The van der Waals surface area contributed by atoms with Crippen LogP contribution < -0.4 is 5.32 Å². The quantitative estimate of drug-likeness (QED) is 0.592. The number of amides is 1. The number of rotatable bonds is 6. The Kier molecular flexibility index (Phi) is 5.22. The first kappa shape index (κ1) is 16.8. The molecule has 1 aromatic carbocycles. The fraction of sp³-hybridized carbons (Fsp3) is 0.429. The van der Waals surface area contributed by atoms with Gasteiger partial charge in [0.05, 0.1) is 17.4 Å². The molecule has 0 radical (unpaired) electrons. The van der Waals surface area contributed by atoms with Crippen molar-refractivity contribution in [3.05, 3.63) is 39.7 Å². The van der Waals surface area contributed by atoms with Crippen molar-refractivity contribution >= 4 is 17.6 Å². The van der Waals surface area contributed by atoms with E-state index in [4.69, 9.17) is 4.74 Å². The summed E-state index contributed by atoms with van der Waals surface area (Å²) >= 11 is 0. The molecular formula is C14H15FN2O6. The van der Waals surface area contributed by atoms with Gasteiger partial charge in [-0.15, -0.1) is 0 Å². The van der Waals surface area contributed by atoms with Crippen LogP contribution in [-0.4, -0.2) is 41.2 Å². The van der Waals surface area contributed by atoms with E-state index in [0.29, 0.717) is 13.0 Å². The van der Waals surface area contributed by atoms with Crippen LogP contribution in [0.1, 0.15) is 12.0 Å². The van der Waals surface area contributed by atoms with Crippen LogP contribution in [0.25, 0.3) is 0 Å². The largest absolute Gasteiger partial charge is 0.480 e. The number of nitrogens with one attached hydrogen (secondary N) is 1. The van der Waals surface area contributed by atoms with Gasteiger partial charge in [0, 0.05) is 19.1 Å². The summed E-state index contributed by atoms with van der Waals surface area (Å²) < 4.78 is 18.4. The average Bonchev–Trinajstić information content (AvgIpc) is 3.02. The van der Waals surface area contributed by atoms with Crippen LogP contribution in [0, 0.1) is 21.8 Å². The first-order valence-corrected chi connectivity index (χ1v) is 6.92. The van der Waals surface area contributed by atoms with E-state index in [1.165, 1.54) is 6.07 Å². The summed E-state index contributed by atoms with van der Waals surface area (Å²) in [6, 6.07) is 1.87. The summed E-state index contributed by atoms with van der Waals surface area (Å²) in [5, 5.41) is 22.3. The van der Waals surface area contributed by atoms with Gasteiger partial charge in [-0.2, -0.15) is 4.39 Å². The molecule has 2 atom stereocenters. The van der Waals surface area contributed by atoms with Gasteiger partial charge in [0.2, 0.25) is 11.7 Å². The Bertz CT molecular complexity index is 630. The van der Waals surface area contributed by atoms with Crippen molar-refractivity contribution in [1.29, 1.82) is 0 Å². The number of carbonyl (C=O) groups excluding carboxylic acids is 1. The van der Waals surface area contributed by atoms with Crippen LogP contribution in [0.5, 0.6) is 0 Å². The number of nitro groups is 1. The molecule has 0 aliphatic carbocycles. The second-order valence-corrected chi connectivity index (χ2v) is 5.21. The molecule has 124 valence electrons. The normalized spacial score (nSPS) is 18.4. The Labute approximate surface area is 130 Å². The predicted molar refractivity (Wildman–Crippen MR) is 75.3 cm³/mol. The maximum absolute atomic E-state index is 13.3.